The Hall–Kier alpha value is -2.05. The number of aromatic nitrogens is 1. The van der Waals surface area contributed by atoms with E-state index in [-0.39, 0.29) is 6.04 Å². The molecule has 0 aliphatic carbocycles. The first kappa shape index (κ1) is 20.3. The van der Waals surface area contributed by atoms with E-state index in [9.17, 15) is 4.79 Å². The average Bonchev–Trinajstić information content (AvgIpc) is 3.02. The summed E-state index contributed by atoms with van der Waals surface area (Å²) < 4.78 is 10.6. The number of nitrogens with one attached hydrogen (secondary N) is 2. The SMILES string of the molecule is C[C@@H](NCCCNC(=O)OC(C)(C)C)c1cc(-c2cccc(Cl)c2)on1. The van der Waals surface area contributed by atoms with Crippen LogP contribution in [-0.4, -0.2) is 29.9 Å². The molecule has 0 unspecified atom stereocenters. The number of rotatable bonds is 7. The minimum Gasteiger partial charge on any atom is -0.444 e. The molecule has 142 valence electrons. The first-order valence-electron chi connectivity index (χ1n) is 8.67. The van der Waals surface area contributed by atoms with Gasteiger partial charge >= 0.3 is 6.09 Å². The summed E-state index contributed by atoms with van der Waals surface area (Å²) in [5.74, 6) is 0.683. The maximum Gasteiger partial charge on any atom is 0.407 e. The zero-order valence-corrected chi connectivity index (χ0v) is 16.4. The molecule has 0 aliphatic heterocycles. The molecule has 1 heterocycles. The molecule has 1 aromatic heterocycles. The fraction of sp³-hybridized carbons (Fsp3) is 0.474. The molecule has 0 spiro atoms. The molecule has 2 aromatic rings. The van der Waals surface area contributed by atoms with E-state index in [1.54, 1.807) is 0 Å². The van der Waals surface area contributed by atoms with Crippen molar-refractivity contribution in [3.63, 3.8) is 0 Å². The highest BCUT2D eigenvalue weighted by Gasteiger charge is 2.16. The number of ether oxygens (including phenoxy) is 1. The number of alkyl carbamates (subject to hydrolysis) is 1. The zero-order valence-electron chi connectivity index (χ0n) is 15.6. The molecule has 2 N–H and O–H groups in total. The minimum absolute atomic E-state index is 0.0354. The highest BCUT2D eigenvalue weighted by atomic mass is 35.5. The Bertz CT molecular complexity index is 725. The van der Waals surface area contributed by atoms with Gasteiger partial charge < -0.3 is 19.9 Å². The molecule has 7 heteroatoms. The molecular weight excluding hydrogens is 354 g/mol. The van der Waals surface area contributed by atoms with Crippen LogP contribution in [0.2, 0.25) is 5.02 Å². The smallest absolute Gasteiger partial charge is 0.407 e. The second-order valence-corrected chi connectivity index (χ2v) is 7.52. The Balaban J connectivity index is 1.73. The number of carbonyl (C=O) groups is 1. The Morgan fingerprint density at radius 3 is 2.77 bits per heavy atom. The average molecular weight is 380 g/mol. The minimum atomic E-state index is -0.482. The van der Waals surface area contributed by atoms with E-state index in [4.69, 9.17) is 20.9 Å². The fourth-order valence-electron chi connectivity index (χ4n) is 2.29. The summed E-state index contributed by atoms with van der Waals surface area (Å²) in [6.45, 7) is 8.81. The monoisotopic (exact) mass is 379 g/mol. The highest BCUT2D eigenvalue weighted by molar-refractivity contribution is 6.30. The largest absolute Gasteiger partial charge is 0.444 e. The summed E-state index contributed by atoms with van der Waals surface area (Å²) in [6.07, 6.45) is 0.385. The Morgan fingerprint density at radius 1 is 1.31 bits per heavy atom. The number of benzene rings is 1. The topological polar surface area (TPSA) is 76.4 Å². The van der Waals surface area contributed by atoms with Crippen molar-refractivity contribution in [1.82, 2.24) is 15.8 Å². The van der Waals surface area contributed by atoms with Crippen LogP contribution in [0.25, 0.3) is 11.3 Å². The van der Waals surface area contributed by atoms with Gasteiger partial charge in [-0.2, -0.15) is 0 Å². The van der Waals surface area contributed by atoms with Gasteiger partial charge in [-0.25, -0.2) is 4.79 Å². The Kier molecular flexibility index (Phi) is 7.06. The summed E-state index contributed by atoms with van der Waals surface area (Å²) in [7, 11) is 0. The van der Waals surface area contributed by atoms with Crippen molar-refractivity contribution in [2.75, 3.05) is 13.1 Å². The lowest BCUT2D eigenvalue weighted by atomic mass is 10.1. The van der Waals surface area contributed by atoms with Crippen LogP contribution in [0.1, 0.15) is 45.9 Å². The lowest BCUT2D eigenvalue weighted by molar-refractivity contribution is 0.0527. The van der Waals surface area contributed by atoms with E-state index in [1.165, 1.54) is 0 Å². The quantitative estimate of drug-likeness (QED) is 0.689. The highest BCUT2D eigenvalue weighted by Crippen LogP contribution is 2.25. The molecule has 6 nitrogen and oxygen atoms in total. The standard InChI is InChI=1S/C19H26ClN3O3/c1-13(21-9-6-10-22-18(24)25-19(2,3)4)16-12-17(26-23-16)14-7-5-8-15(20)11-14/h5,7-8,11-13,21H,6,9-10H2,1-4H3,(H,22,24)/t13-/m1/s1. The van der Waals surface area contributed by atoms with Crippen molar-refractivity contribution in [2.24, 2.45) is 0 Å². The maximum atomic E-state index is 11.6. The number of amides is 1. The van der Waals surface area contributed by atoms with Crippen molar-refractivity contribution in [2.45, 2.75) is 45.8 Å². The van der Waals surface area contributed by atoms with Crippen molar-refractivity contribution in [3.8, 4) is 11.3 Å². The van der Waals surface area contributed by atoms with Crippen LogP contribution < -0.4 is 10.6 Å². The molecule has 0 radical (unpaired) electrons. The summed E-state index contributed by atoms with van der Waals surface area (Å²) in [5, 5.41) is 10.9. The third-order valence-electron chi connectivity index (χ3n) is 3.55. The van der Waals surface area contributed by atoms with Crippen molar-refractivity contribution < 1.29 is 14.1 Å². The molecule has 1 aromatic carbocycles. The Labute approximate surface area is 159 Å². The molecule has 1 atom stereocenters. The van der Waals surface area contributed by atoms with Gasteiger partial charge in [0.05, 0.1) is 6.04 Å². The van der Waals surface area contributed by atoms with Crippen molar-refractivity contribution >= 4 is 17.7 Å². The van der Waals surface area contributed by atoms with Gasteiger partial charge in [-0.1, -0.05) is 28.9 Å². The van der Waals surface area contributed by atoms with Gasteiger partial charge in [0.25, 0.3) is 0 Å². The molecular formula is C19H26ClN3O3. The fourth-order valence-corrected chi connectivity index (χ4v) is 2.48. The second-order valence-electron chi connectivity index (χ2n) is 7.08. The lowest BCUT2D eigenvalue weighted by Gasteiger charge is -2.19. The summed E-state index contributed by atoms with van der Waals surface area (Å²) in [6, 6.07) is 9.40. The van der Waals surface area contributed by atoms with Gasteiger partial charge in [0, 0.05) is 23.2 Å². The van der Waals surface area contributed by atoms with E-state index < -0.39 is 11.7 Å². The normalized spacial score (nSPS) is 12.7. The molecule has 26 heavy (non-hydrogen) atoms. The van der Waals surface area contributed by atoms with Gasteiger partial charge in [-0.05, 0) is 52.8 Å². The number of hydrogen-bond acceptors (Lipinski definition) is 5. The third-order valence-corrected chi connectivity index (χ3v) is 3.79. The van der Waals surface area contributed by atoms with Crippen LogP contribution >= 0.6 is 11.6 Å². The number of halogens is 1. The molecule has 0 fully saturated rings. The Morgan fingerprint density at radius 2 is 2.08 bits per heavy atom. The first-order chi connectivity index (χ1) is 12.2. The first-order valence-corrected chi connectivity index (χ1v) is 9.05. The molecule has 0 aliphatic rings. The number of carbonyl (C=O) groups excluding carboxylic acids is 1. The van der Waals surface area contributed by atoms with Crippen LogP contribution in [0.15, 0.2) is 34.9 Å². The van der Waals surface area contributed by atoms with E-state index >= 15 is 0 Å². The van der Waals surface area contributed by atoms with Crippen LogP contribution in [0, 0.1) is 0 Å². The van der Waals surface area contributed by atoms with Crippen LogP contribution in [0.4, 0.5) is 4.79 Å². The van der Waals surface area contributed by atoms with E-state index in [0.717, 1.165) is 24.2 Å². The van der Waals surface area contributed by atoms with Crippen LogP contribution in [-0.2, 0) is 4.74 Å². The van der Waals surface area contributed by atoms with E-state index in [1.807, 2.05) is 58.0 Å². The molecule has 0 bridgehead atoms. The summed E-state index contributed by atoms with van der Waals surface area (Å²) in [5.41, 5.74) is 1.23. The summed E-state index contributed by atoms with van der Waals surface area (Å²) >= 11 is 6.01. The van der Waals surface area contributed by atoms with Gasteiger partial charge in [0.15, 0.2) is 5.76 Å². The zero-order chi connectivity index (χ0) is 19.2. The summed E-state index contributed by atoms with van der Waals surface area (Å²) in [4.78, 5) is 11.6. The van der Waals surface area contributed by atoms with Gasteiger partial charge in [-0.15, -0.1) is 0 Å². The van der Waals surface area contributed by atoms with Crippen LogP contribution in [0.3, 0.4) is 0 Å². The van der Waals surface area contributed by atoms with Crippen molar-refractivity contribution in [3.05, 3.63) is 41.0 Å². The molecule has 2 rings (SSSR count). The van der Waals surface area contributed by atoms with Gasteiger partial charge in [0.2, 0.25) is 0 Å². The molecule has 0 saturated heterocycles. The molecule has 1 amide bonds. The van der Waals surface area contributed by atoms with Crippen LogP contribution in [0.5, 0.6) is 0 Å². The third kappa shape index (κ3) is 6.69. The number of nitrogens with zero attached hydrogens (tertiary/aromatic N) is 1. The second kappa shape index (κ2) is 9.05. The predicted octanol–water partition coefficient (Wildman–Crippen LogP) is 4.56. The van der Waals surface area contributed by atoms with Gasteiger partial charge in [0.1, 0.15) is 11.3 Å². The van der Waals surface area contributed by atoms with Gasteiger partial charge in [-0.3, -0.25) is 0 Å². The predicted molar refractivity (Wildman–Crippen MR) is 102 cm³/mol. The lowest BCUT2D eigenvalue weighted by Crippen LogP contribution is -2.34. The maximum absolute atomic E-state index is 11.6. The van der Waals surface area contributed by atoms with Crippen molar-refractivity contribution in [1.29, 1.82) is 0 Å². The number of hydrogen-bond donors (Lipinski definition) is 2. The molecule has 0 saturated carbocycles. The van der Waals surface area contributed by atoms with E-state index in [2.05, 4.69) is 15.8 Å². The van der Waals surface area contributed by atoms with E-state index in [0.29, 0.717) is 17.3 Å².